The Morgan fingerprint density at radius 1 is 0.737 bits per heavy atom. The molecule has 38 heavy (non-hydrogen) atoms. The number of benzene rings is 5. The molecule has 0 saturated heterocycles. The summed E-state index contributed by atoms with van der Waals surface area (Å²) in [6.45, 7) is 0.852. The van der Waals surface area contributed by atoms with Gasteiger partial charge in [0.05, 0.1) is 7.11 Å². The lowest BCUT2D eigenvalue weighted by Gasteiger charge is -2.35. The van der Waals surface area contributed by atoms with Gasteiger partial charge in [-0.15, -0.1) is 0 Å². The van der Waals surface area contributed by atoms with Crippen LogP contribution in [0.2, 0.25) is 0 Å². The molecule has 3 atom stereocenters. The van der Waals surface area contributed by atoms with Gasteiger partial charge in [-0.05, 0) is 86.7 Å². The summed E-state index contributed by atoms with van der Waals surface area (Å²) in [6.07, 6.45) is 2.42. The Balaban J connectivity index is 1.28. The topological polar surface area (TPSA) is 21.3 Å². The van der Waals surface area contributed by atoms with E-state index in [0.29, 0.717) is 17.9 Å². The molecule has 1 saturated carbocycles. The maximum atomic E-state index is 5.38. The minimum absolute atomic E-state index is 0.0333. The molecule has 1 N–H and O–H groups in total. The average molecular weight is 494 g/mol. The van der Waals surface area contributed by atoms with Crippen LogP contribution in [-0.4, -0.2) is 7.11 Å². The van der Waals surface area contributed by atoms with Crippen LogP contribution < -0.4 is 10.1 Å². The van der Waals surface area contributed by atoms with E-state index < -0.39 is 0 Å². The number of hydrogen-bond acceptors (Lipinski definition) is 2. The predicted molar refractivity (Wildman–Crippen MR) is 155 cm³/mol. The zero-order chi connectivity index (χ0) is 25.3. The number of nitrogens with one attached hydrogen (secondary N) is 1. The van der Waals surface area contributed by atoms with Crippen LogP contribution in [0.1, 0.15) is 52.6 Å². The monoisotopic (exact) mass is 493 g/mol. The quantitative estimate of drug-likeness (QED) is 0.273. The highest BCUT2D eigenvalue weighted by molar-refractivity contribution is 5.87. The highest BCUT2D eigenvalue weighted by atomic mass is 16.5. The first-order valence-corrected chi connectivity index (χ1v) is 13.9. The molecule has 3 aliphatic rings. The molecule has 5 aromatic carbocycles. The molecule has 0 aromatic heterocycles. The van der Waals surface area contributed by atoms with Gasteiger partial charge >= 0.3 is 0 Å². The Hall–Kier alpha value is -3.88. The molecule has 8 rings (SSSR count). The number of fused-ring (bicyclic) bond motifs is 10. The minimum atomic E-state index is 0.0333. The minimum Gasteiger partial charge on any atom is -0.497 e. The lowest BCUT2D eigenvalue weighted by atomic mass is 9.67. The number of methoxy groups -OCH3 is 1. The average Bonchev–Trinajstić information content (AvgIpc) is 3.60. The molecule has 0 heterocycles. The van der Waals surface area contributed by atoms with Crippen LogP contribution in [0.4, 0.5) is 0 Å². The smallest absolute Gasteiger partial charge is 0.118 e. The maximum absolute atomic E-state index is 5.38. The van der Waals surface area contributed by atoms with E-state index in [2.05, 4.69) is 115 Å². The van der Waals surface area contributed by atoms with E-state index in [9.17, 15) is 0 Å². The largest absolute Gasteiger partial charge is 0.497 e. The summed E-state index contributed by atoms with van der Waals surface area (Å²) in [7, 11) is 1.72. The predicted octanol–water partition coefficient (Wildman–Crippen LogP) is 8.15. The molecule has 1 spiro atoms. The molecule has 0 radical (unpaired) electrons. The molecule has 5 aromatic rings. The van der Waals surface area contributed by atoms with E-state index in [1.165, 1.54) is 57.0 Å². The third-order valence-electron chi connectivity index (χ3n) is 9.67. The Kier molecular flexibility index (Phi) is 4.84. The van der Waals surface area contributed by atoms with Crippen LogP contribution in [0, 0.1) is 5.92 Å². The molecule has 0 amide bonds. The summed E-state index contributed by atoms with van der Waals surface area (Å²) in [4.78, 5) is 0. The highest BCUT2D eigenvalue weighted by Crippen LogP contribution is 2.69. The molecular weight excluding hydrogens is 462 g/mol. The Morgan fingerprint density at radius 3 is 2.00 bits per heavy atom. The van der Waals surface area contributed by atoms with Crippen molar-refractivity contribution in [3.63, 3.8) is 0 Å². The molecule has 1 fully saturated rings. The molecule has 0 bridgehead atoms. The van der Waals surface area contributed by atoms with Crippen molar-refractivity contribution in [2.24, 2.45) is 5.92 Å². The van der Waals surface area contributed by atoms with Gasteiger partial charge in [-0.1, -0.05) is 91.0 Å². The lowest BCUT2D eigenvalue weighted by Crippen LogP contribution is -2.30. The molecule has 0 aliphatic heterocycles. The van der Waals surface area contributed by atoms with Gasteiger partial charge < -0.3 is 10.1 Å². The lowest BCUT2D eigenvalue weighted by molar-refractivity contribution is 0.348. The summed E-state index contributed by atoms with van der Waals surface area (Å²) >= 11 is 0. The van der Waals surface area contributed by atoms with E-state index in [0.717, 1.165) is 12.3 Å². The third-order valence-corrected chi connectivity index (χ3v) is 9.67. The molecule has 2 nitrogen and oxygen atoms in total. The van der Waals surface area contributed by atoms with Crippen LogP contribution >= 0.6 is 0 Å². The van der Waals surface area contributed by atoms with Gasteiger partial charge in [-0.3, -0.25) is 0 Å². The molecule has 186 valence electrons. The number of ether oxygens (including phenoxy) is 1. The second-order valence-corrected chi connectivity index (χ2v) is 11.3. The molecule has 2 heteroatoms. The summed E-state index contributed by atoms with van der Waals surface area (Å²) in [5.41, 5.74) is 10.3. The van der Waals surface area contributed by atoms with Crippen LogP contribution in [0.25, 0.3) is 21.9 Å². The fraction of sp³-hybridized carbons (Fsp3) is 0.222. The molecule has 3 aliphatic carbocycles. The van der Waals surface area contributed by atoms with Gasteiger partial charge in [0.15, 0.2) is 0 Å². The van der Waals surface area contributed by atoms with E-state index in [1.807, 2.05) is 0 Å². The first-order valence-electron chi connectivity index (χ1n) is 13.9. The fourth-order valence-electron chi connectivity index (χ4n) is 8.18. The van der Waals surface area contributed by atoms with Gasteiger partial charge in [-0.2, -0.15) is 0 Å². The van der Waals surface area contributed by atoms with E-state index in [4.69, 9.17) is 4.74 Å². The highest BCUT2D eigenvalue weighted by Gasteiger charge is 2.60. The summed E-state index contributed by atoms with van der Waals surface area (Å²) in [6, 6.07) is 41.1. The van der Waals surface area contributed by atoms with E-state index in [1.54, 1.807) is 12.7 Å². The SMILES string of the molecule is COc1ccc(CN[C@H]2c3cc4ccccc4cc3[C@@H]3[C@H]2CCC32c3ccccc3-c3ccccc32)cc1. The second kappa shape index (κ2) is 8.31. The Morgan fingerprint density at radius 2 is 1.34 bits per heavy atom. The van der Waals surface area contributed by atoms with Crippen molar-refractivity contribution in [1.29, 1.82) is 0 Å². The first-order chi connectivity index (χ1) is 18.8. The van der Waals surface area contributed by atoms with Gasteiger partial charge in [-0.25, -0.2) is 0 Å². The van der Waals surface area contributed by atoms with Gasteiger partial charge in [0.2, 0.25) is 0 Å². The normalized spacial score (nSPS) is 21.8. The van der Waals surface area contributed by atoms with Crippen molar-refractivity contribution in [2.75, 3.05) is 7.11 Å². The molecular formula is C36H31NO. The van der Waals surface area contributed by atoms with Crippen LogP contribution in [0.3, 0.4) is 0 Å². The van der Waals surface area contributed by atoms with Crippen molar-refractivity contribution < 1.29 is 4.74 Å². The van der Waals surface area contributed by atoms with Crippen molar-refractivity contribution in [3.05, 3.63) is 137 Å². The van der Waals surface area contributed by atoms with Gasteiger partial charge in [0.25, 0.3) is 0 Å². The van der Waals surface area contributed by atoms with Crippen molar-refractivity contribution in [3.8, 4) is 16.9 Å². The summed E-state index contributed by atoms with van der Waals surface area (Å²) in [5, 5.41) is 6.73. The van der Waals surface area contributed by atoms with Crippen molar-refractivity contribution in [2.45, 2.75) is 36.8 Å². The van der Waals surface area contributed by atoms with Crippen molar-refractivity contribution in [1.82, 2.24) is 5.32 Å². The number of rotatable bonds is 4. The maximum Gasteiger partial charge on any atom is 0.118 e. The Bertz CT molecular complexity index is 1640. The van der Waals surface area contributed by atoms with Gasteiger partial charge in [0.1, 0.15) is 5.75 Å². The summed E-state index contributed by atoms with van der Waals surface area (Å²) in [5.74, 6) is 1.92. The zero-order valence-corrected chi connectivity index (χ0v) is 21.7. The molecule has 0 unspecified atom stereocenters. The fourth-order valence-corrected chi connectivity index (χ4v) is 8.18. The first kappa shape index (κ1) is 22.1. The van der Waals surface area contributed by atoms with Crippen LogP contribution in [0.15, 0.2) is 109 Å². The van der Waals surface area contributed by atoms with E-state index >= 15 is 0 Å². The van der Waals surface area contributed by atoms with Gasteiger partial charge in [0, 0.05) is 23.9 Å². The van der Waals surface area contributed by atoms with Crippen LogP contribution in [-0.2, 0) is 12.0 Å². The Labute approximate surface area is 224 Å². The second-order valence-electron chi connectivity index (χ2n) is 11.3. The van der Waals surface area contributed by atoms with Crippen molar-refractivity contribution >= 4 is 10.8 Å². The van der Waals surface area contributed by atoms with E-state index in [-0.39, 0.29) is 5.41 Å². The van der Waals surface area contributed by atoms with Crippen LogP contribution in [0.5, 0.6) is 5.75 Å². The standard InChI is InChI=1S/C36H31NO/c1-38-26-16-14-23(15-17-26)22-37-35-29-18-19-36(32-12-6-4-10-27(32)28-11-5-7-13-33(28)36)34(29)30-20-24-8-2-3-9-25(24)21-31(30)35/h2-17,20-21,29,34-35,37H,18-19,22H2,1H3/t29-,34+,35-/m1/s1. The third kappa shape index (κ3) is 2.98. The zero-order valence-electron chi connectivity index (χ0n) is 21.7. The number of hydrogen-bond donors (Lipinski definition) is 1. The summed E-state index contributed by atoms with van der Waals surface area (Å²) < 4.78 is 5.38.